The minimum absolute atomic E-state index is 0. The van der Waals surface area contributed by atoms with Gasteiger partial charge in [-0.05, 0) is 43.4 Å². The summed E-state index contributed by atoms with van der Waals surface area (Å²) in [5.41, 5.74) is 0.610. The molecule has 27 heavy (non-hydrogen) atoms. The van der Waals surface area contributed by atoms with E-state index in [1.807, 2.05) is 9.80 Å². The van der Waals surface area contributed by atoms with Gasteiger partial charge >= 0.3 is 0 Å². The van der Waals surface area contributed by atoms with Crippen LogP contribution in [-0.4, -0.2) is 59.9 Å². The smallest absolute Gasteiger partial charge is 0.254 e. The van der Waals surface area contributed by atoms with Crippen molar-refractivity contribution in [3.8, 4) is 0 Å². The fraction of sp³-hybridized carbons (Fsp3) is 0.600. The van der Waals surface area contributed by atoms with E-state index in [1.165, 1.54) is 25.7 Å². The predicted molar refractivity (Wildman–Crippen MR) is 108 cm³/mol. The number of rotatable bonds is 2. The lowest BCUT2D eigenvalue weighted by Crippen LogP contribution is -2.54. The normalized spacial score (nSPS) is 27.7. The third kappa shape index (κ3) is 4.41. The Kier molecular flexibility index (Phi) is 6.66. The van der Waals surface area contributed by atoms with Crippen molar-refractivity contribution in [2.24, 2.45) is 5.92 Å². The number of fused-ring (bicyclic) bond motifs is 1. The molecule has 1 N–H and O–H groups in total. The van der Waals surface area contributed by atoms with Gasteiger partial charge in [0.15, 0.2) is 0 Å². The molecular formula is C20H27Cl2N3O2. The van der Waals surface area contributed by atoms with Crippen LogP contribution < -0.4 is 5.32 Å². The van der Waals surface area contributed by atoms with Gasteiger partial charge in [0, 0.05) is 42.8 Å². The average molecular weight is 412 g/mol. The maximum atomic E-state index is 12.9. The highest BCUT2D eigenvalue weighted by Crippen LogP contribution is 2.33. The molecule has 4 rings (SSSR count). The van der Waals surface area contributed by atoms with Gasteiger partial charge in [0.2, 0.25) is 5.91 Å². The minimum atomic E-state index is -0.0294. The number of nitrogens with zero attached hydrogens (tertiary/aromatic N) is 2. The molecule has 0 radical (unpaired) electrons. The lowest BCUT2D eigenvalue weighted by atomic mass is 9.85. The molecule has 1 saturated carbocycles. The molecule has 5 nitrogen and oxygen atoms in total. The Balaban J connectivity index is 0.00000210. The molecule has 7 heteroatoms. The monoisotopic (exact) mass is 411 g/mol. The number of amides is 2. The number of nitrogens with one attached hydrogen (secondary N) is 1. The molecule has 0 aromatic heterocycles. The maximum Gasteiger partial charge on any atom is 0.254 e. The van der Waals surface area contributed by atoms with Gasteiger partial charge in [0.1, 0.15) is 0 Å². The van der Waals surface area contributed by atoms with Crippen molar-refractivity contribution < 1.29 is 9.59 Å². The molecular weight excluding hydrogens is 385 g/mol. The molecule has 0 spiro atoms. The first kappa shape index (κ1) is 20.4. The van der Waals surface area contributed by atoms with Crippen LogP contribution in [-0.2, 0) is 4.79 Å². The number of halogens is 2. The van der Waals surface area contributed by atoms with E-state index in [2.05, 4.69) is 5.32 Å². The molecule has 3 fully saturated rings. The first-order valence-corrected chi connectivity index (χ1v) is 10.1. The topological polar surface area (TPSA) is 52.7 Å². The van der Waals surface area contributed by atoms with Gasteiger partial charge in [-0.25, -0.2) is 0 Å². The zero-order valence-electron chi connectivity index (χ0n) is 15.4. The van der Waals surface area contributed by atoms with Crippen molar-refractivity contribution in [1.82, 2.24) is 15.1 Å². The molecule has 3 atom stereocenters. The van der Waals surface area contributed by atoms with Gasteiger partial charge in [-0.1, -0.05) is 30.5 Å². The molecule has 3 unspecified atom stereocenters. The second-order valence-corrected chi connectivity index (χ2v) is 8.17. The van der Waals surface area contributed by atoms with Crippen molar-refractivity contribution in [3.63, 3.8) is 0 Å². The Hall–Kier alpha value is -1.30. The van der Waals surface area contributed by atoms with E-state index in [4.69, 9.17) is 11.6 Å². The van der Waals surface area contributed by atoms with Gasteiger partial charge in [-0.15, -0.1) is 12.4 Å². The molecule has 0 bridgehead atoms. The van der Waals surface area contributed by atoms with Gasteiger partial charge in [-0.3, -0.25) is 9.59 Å². The first-order valence-electron chi connectivity index (χ1n) is 9.71. The summed E-state index contributed by atoms with van der Waals surface area (Å²) in [5.74, 6) is 0.877. The highest BCUT2D eigenvalue weighted by molar-refractivity contribution is 6.30. The van der Waals surface area contributed by atoms with E-state index in [-0.39, 0.29) is 30.3 Å². The molecule has 1 aromatic carbocycles. The fourth-order valence-corrected chi connectivity index (χ4v) is 4.86. The SMILES string of the molecule is Cl.O=C(c1cccc(Cl)c1)N1CCN(C(=O)C2CC3CCCCC3N2)CC1. The number of carbonyl (C=O) groups excluding carboxylic acids is 2. The molecule has 3 aliphatic rings. The third-order valence-electron chi connectivity index (χ3n) is 6.11. The number of hydrogen-bond acceptors (Lipinski definition) is 3. The summed E-state index contributed by atoms with van der Waals surface area (Å²) < 4.78 is 0. The second-order valence-electron chi connectivity index (χ2n) is 7.73. The molecule has 1 aliphatic carbocycles. The molecule has 2 amide bonds. The van der Waals surface area contributed by atoms with Crippen LogP contribution in [0.2, 0.25) is 5.02 Å². The van der Waals surface area contributed by atoms with Crippen molar-refractivity contribution >= 4 is 35.8 Å². The van der Waals surface area contributed by atoms with Crippen molar-refractivity contribution in [2.45, 2.75) is 44.2 Å². The van der Waals surface area contributed by atoms with Gasteiger partial charge in [0.25, 0.3) is 5.91 Å². The van der Waals surface area contributed by atoms with Crippen LogP contribution in [0.5, 0.6) is 0 Å². The zero-order valence-corrected chi connectivity index (χ0v) is 17.0. The standard InChI is InChI=1S/C20H26ClN3O2.ClH/c21-16-6-3-5-15(12-16)19(25)23-8-10-24(11-9-23)20(26)18-13-14-4-1-2-7-17(14)22-18;/h3,5-6,12,14,17-18,22H,1-2,4,7-11,13H2;1H. The van der Waals surface area contributed by atoms with Gasteiger partial charge < -0.3 is 15.1 Å². The maximum absolute atomic E-state index is 12.9. The van der Waals surface area contributed by atoms with Crippen molar-refractivity contribution in [1.29, 1.82) is 0 Å². The summed E-state index contributed by atoms with van der Waals surface area (Å²) in [6.45, 7) is 2.38. The minimum Gasteiger partial charge on any atom is -0.338 e. The highest BCUT2D eigenvalue weighted by atomic mass is 35.5. The van der Waals surface area contributed by atoms with E-state index < -0.39 is 0 Å². The van der Waals surface area contributed by atoms with Crippen LogP contribution in [0.15, 0.2) is 24.3 Å². The summed E-state index contributed by atoms with van der Waals surface area (Å²) in [6, 6.07) is 7.55. The van der Waals surface area contributed by atoms with Gasteiger partial charge in [-0.2, -0.15) is 0 Å². The van der Waals surface area contributed by atoms with Crippen LogP contribution in [0.25, 0.3) is 0 Å². The fourth-order valence-electron chi connectivity index (χ4n) is 4.66. The molecule has 1 aromatic rings. The predicted octanol–water partition coefficient (Wildman–Crippen LogP) is 2.97. The molecule has 2 saturated heterocycles. The number of benzene rings is 1. The summed E-state index contributed by atoms with van der Waals surface area (Å²) in [7, 11) is 0. The molecule has 148 valence electrons. The Morgan fingerprint density at radius 1 is 1.04 bits per heavy atom. The van der Waals surface area contributed by atoms with Gasteiger partial charge in [0.05, 0.1) is 6.04 Å². The lowest BCUT2D eigenvalue weighted by Gasteiger charge is -2.36. The first-order chi connectivity index (χ1) is 12.6. The van der Waals surface area contributed by atoms with Crippen LogP contribution in [0.3, 0.4) is 0 Å². The average Bonchev–Trinajstić information content (AvgIpc) is 3.11. The Morgan fingerprint density at radius 2 is 1.74 bits per heavy atom. The molecule has 2 heterocycles. The Morgan fingerprint density at radius 3 is 2.44 bits per heavy atom. The van der Waals surface area contributed by atoms with Crippen LogP contribution in [0.1, 0.15) is 42.5 Å². The van der Waals surface area contributed by atoms with Crippen molar-refractivity contribution in [3.05, 3.63) is 34.9 Å². The summed E-state index contributed by atoms with van der Waals surface area (Å²) in [4.78, 5) is 29.2. The number of piperazine rings is 1. The van der Waals surface area contributed by atoms with E-state index in [0.717, 1.165) is 6.42 Å². The summed E-state index contributed by atoms with van der Waals surface area (Å²) >= 11 is 5.99. The number of carbonyl (C=O) groups is 2. The van der Waals surface area contributed by atoms with Crippen LogP contribution >= 0.6 is 24.0 Å². The zero-order chi connectivity index (χ0) is 18.1. The summed E-state index contributed by atoms with van der Waals surface area (Å²) in [6.07, 6.45) is 6.01. The van der Waals surface area contributed by atoms with Crippen molar-refractivity contribution in [2.75, 3.05) is 26.2 Å². The lowest BCUT2D eigenvalue weighted by molar-refractivity contribution is -0.134. The third-order valence-corrected chi connectivity index (χ3v) is 6.35. The molecule has 2 aliphatic heterocycles. The van der Waals surface area contributed by atoms with E-state index >= 15 is 0 Å². The number of hydrogen-bond donors (Lipinski definition) is 1. The quantitative estimate of drug-likeness (QED) is 0.813. The van der Waals surface area contributed by atoms with E-state index in [9.17, 15) is 9.59 Å². The van der Waals surface area contributed by atoms with E-state index in [1.54, 1.807) is 24.3 Å². The second kappa shape index (κ2) is 8.80. The Labute approximate surface area is 171 Å². The largest absolute Gasteiger partial charge is 0.338 e. The Bertz CT molecular complexity index is 678. The van der Waals surface area contributed by atoms with E-state index in [0.29, 0.717) is 48.7 Å². The summed E-state index contributed by atoms with van der Waals surface area (Å²) in [5, 5.41) is 4.14. The van der Waals surface area contributed by atoms with Crippen LogP contribution in [0.4, 0.5) is 0 Å². The highest BCUT2D eigenvalue weighted by Gasteiger charge is 2.40. The van der Waals surface area contributed by atoms with Crippen LogP contribution in [0, 0.1) is 5.92 Å².